The summed E-state index contributed by atoms with van der Waals surface area (Å²) in [6, 6.07) is 14.2. The molecule has 0 aliphatic rings. The Labute approximate surface area is 107 Å². The molecule has 2 nitrogen and oxygen atoms in total. The van der Waals surface area contributed by atoms with Crippen LogP contribution in [-0.4, -0.2) is 15.0 Å². The number of hydrogen-bond donors (Lipinski definition) is 0. The summed E-state index contributed by atoms with van der Waals surface area (Å²) in [4.78, 5) is 0. The van der Waals surface area contributed by atoms with Gasteiger partial charge in [0.25, 0.3) is 0 Å². The molecule has 0 unspecified atom stereocenters. The lowest BCUT2D eigenvalue weighted by Crippen LogP contribution is -1.98. The van der Waals surface area contributed by atoms with Gasteiger partial charge in [-0.2, -0.15) is 0 Å². The molecular weight excluding hydrogens is 223 g/mol. The van der Waals surface area contributed by atoms with Gasteiger partial charge in [-0.05, 0) is 23.8 Å². The number of rotatable bonds is 2. The van der Waals surface area contributed by atoms with Crippen molar-refractivity contribution in [3.05, 3.63) is 48.7 Å². The third-order valence-electron chi connectivity index (χ3n) is 3.13. The largest absolute Gasteiger partial charge is 0.497 e. The highest BCUT2D eigenvalue weighted by molar-refractivity contribution is 6.33. The molecule has 88 valence electrons. The highest BCUT2D eigenvalue weighted by Gasteiger charge is 2.08. The number of benzene rings is 2. The third-order valence-corrected chi connectivity index (χ3v) is 3.13. The second kappa shape index (κ2) is 4.26. The van der Waals surface area contributed by atoms with E-state index in [0.717, 1.165) is 27.8 Å². The van der Waals surface area contributed by atoms with E-state index in [9.17, 15) is 0 Å². The molecule has 3 heteroatoms. The lowest BCUT2D eigenvalue weighted by atomic mass is 9.93. The predicted octanol–water partition coefficient (Wildman–Crippen LogP) is 2.37. The van der Waals surface area contributed by atoms with E-state index in [1.807, 2.05) is 36.6 Å². The van der Waals surface area contributed by atoms with Gasteiger partial charge in [0.2, 0.25) is 0 Å². The van der Waals surface area contributed by atoms with Crippen molar-refractivity contribution in [2.75, 3.05) is 7.11 Å². The van der Waals surface area contributed by atoms with Crippen molar-refractivity contribution >= 4 is 24.3 Å². The Hall–Kier alpha value is -2.16. The van der Waals surface area contributed by atoms with E-state index in [1.54, 1.807) is 7.11 Å². The molecule has 0 saturated carbocycles. The zero-order valence-electron chi connectivity index (χ0n) is 10.4. The number of fused-ring (bicyclic) bond motifs is 1. The molecule has 1 aromatic heterocycles. The molecule has 0 amide bonds. The van der Waals surface area contributed by atoms with E-state index in [2.05, 4.69) is 20.0 Å². The van der Waals surface area contributed by atoms with Crippen molar-refractivity contribution in [3.8, 4) is 16.9 Å². The van der Waals surface area contributed by atoms with Crippen LogP contribution < -0.4 is 10.2 Å². The van der Waals surface area contributed by atoms with Crippen molar-refractivity contribution in [2.24, 2.45) is 0 Å². The Morgan fingerprint density at radius 3 is 2.56 bits per heavy atom. The third kappa shape index (κ3) is 1.78. The average Bonchev–Trinajstić information content (AvgIpc) is 2.82. The maximum Gasteiger partial charge on any atom is 0.139 e. The van der Waals surface area contributed by atoms with Crippen LogP contribution in [0.2, 0.25) is 0 Å². The van der Waals surface area contributed by atoms with Crippen molar-refractivity contribution in [1.29, 1.82) is 0 Å². The molecule has 2 aromatic carbocycles. The van der Waals surface area contributed by atoms with E-state index in [0.29, 0.717) is 0 Å². The summed E-state index contributed by atoms with van der Waals surface area (Å²) in [7, 11) is 3.76. The first-order valence-electron chi connectivity index (χ1n) is 5.90. The van der Waals surface area contributed by atoms with Crippen molar-refractivity contribution in [2.45, 2.75) is 0 Å². The van der Waals surface area contributed by atoms with Crippen molar-refractivity contribution < 1.29 is 9.15 Å². The Balaban J connectivity index is 2.15. The number of furan rings is 1. The smallest absolute Gasteiger partial charge is 0.139 e. The van der Waals surface area contributed by atoms with Crippen LogP contribution in [0.25, 0.3) is 22.1 Å². The zero-order valence-corrected chi connectivity index (χ0v) is 10.4. The zero-order chi connectivity index (χ0) is 12.5. The summed E-state index contributed by atoms with van der Waals surface area (Å²) in [6.45, 7) is 0. The topological polar surface area (TPSA) is 22.4 Å². The molecular formula is C15H13BO2. The lowest BCUT2D eigenvalue weighted by molar-refractivity contribution is 0.415. The molecule has 0 spiro atoms. The molecule has 0 aliphatic heterocycles. The summed E-state index contributed by atoms with van der Waals surface area (Å²) < 4.78 is 10.8. The van der Waals surface area contributed by atoms with E-state index in [4.69, 9.17) is 9.15 Å². The van der Waals surface area contributed by atoms with Crippen LogP contribution in [0.4, 0.5) is 0 Å². The van der Waals surface area contributed by atoms with Gasteiger partial charge in [0.1, 0.15) is 19.2 Å². The molecule has 3 aromatic rings. The summed E-state index contributed by atoms with van der Waals surface area (Å²) in [5.41, 5.74) is 4.42. The second-order valence-electron chi connectivity index (χ2n) is 4.38. The predicted molar refractivity (Wildman–Crippen MR) is 76.4 cm³/mol. The van der Waals surface area contributed by atoms with Gasteiger partial charge in [-0.25, -0.2) is 0 Å². The minimum absolute atomic E-state index is 0.864. The lowest BCUT2D eigenvalue weighted by Gasteiger charge is -2.02. The quantitative estimate of drug-likeness (QED) is 0.637. The Bertz CT molecular complexity index is 683. The molecule has 0 saturated heterocycles. The van der Waals surface area contributed by atoms with Gasteiger partial charge < -0.3 is 9.15 Å². The summed E-state index contributed by atoms with van der Waals surface area (Å²) >= 11 is 0. The average molecular weight is 236 g/mol. The molecule has 0 atom stereocenters. The van der Waals surface area contributed by atoms with Gasteiger partial charge in [0.05, 0.1) is 13.4 Å². The standard InChI is InChI=1S/C15H13BO2/c1-17-12-5-2-10(3-6-12)14-9-18-15-7-4-11(16)8-13(14)15/h2-9H,16H2,1H3. The van der Waals surface area contributed by atoms with E-state index < -0.39 is 0 Å². The van der Waals surface area contributed by atoms with Gasteiger partial charge in [0.15, 0.2) is 0 Å². The number of methoxy groups -OCH3 is 1. The summed E-state index contributed by atoms with van der Waals surface area (Å²) in [6.07, 6.45) is 1.81. The SMILES string of the molecule is Bc1ccc2occ(-c3ccc(OC)cc3)c2c1. The molecule has 0 radical (unpaired) electrons. The fourth-order valence-corrected chi connectivity index (χ4v) is 2.14. The molecule has 1 heterocycles. The van der Waals surface area contributed by atoms with Gasteiger partial charge in [-0.15, -0.1) is 0 Å². The fourth-order valence-electron chi connectivity index (χ4n) is 2.14. The van der Waals surface area contributed by atoms with Gasteiger partial charge >= 0.3 is 0 Å². The minimum atomic E-state index is 0.864. The van der Waals surface area contributed by atoms with Crippen LogP contribution in [-0.2, 0) is 0 Å². The van der Waals surface area contributed by atoms with Crippen LogP contribution in [0.1, 0.15) is 0 Å². The first-order chi connectivity index (χ1) is 8.78. The molecule has 18 heavy (non-hydrogen) atoms. The molecule has 0 aliphatic carbocycles. The monoisotopic (exact) mass is 236 g/mol. The first-order valence-corrected chi connectivity index (χ1v) is 5.90. The van der Waals surface area contributed by atoms with Gasteiger partial charge in [-0.3, -0.25) is 0 Å². The summed E-state index contributed by atoms with van der Waals surface area (Å²) in [5, 5.41) is 1.15. The van der Waals surface area contributed by atoms with Gasteiger partial charge in [0, 0.05) is 10.9 Å². The second-order valence-corrected chi connectivity index (χ2v) is 4.38. The number of ether oxygens (including phenoxy) is 1. The van der Waals surface area contributed by atoms with Crippen molar-refractivity contribution in [3.63, 3.8) is 0 Å². The maximum absolute atomic E-state index is 5.58. The van der Waals surface area contributed by atoms with Crippen LogP contribution >= 0.6 is 0 Å². The summed E-state index contributed by atoms with van der Waals surface area (Å²) in [5.74, 6) is 0.864. The molecule has 0 fully saturated rings. The molecule has 3 rings (SSSR count). The highest BCUT2D eigenvalue weighted by atomic mass is 16.5. The van der Waals surface area contributed by atoms with Crippen LogP contribution in [0.15, 0.2) is 53.1 Å². The maximum atomic E-state index is 5.58. The van der Waals surface area contributed by atoms with E-state index in [-0.39, 0.29) is 0 Å². The van der Waals surface area contributed by atoms with E-state index >= 15 is 0 Å². The Morgan fingerprint density at radius 2 is 1.83 bits per heavy atom. The highest BCUT2D eigenvalue weighted by Crippen LogP contribution is 2.30. The minimum Gasteiger partial charge on any atom is -0.497 e. The van der Waals surface area contributed by atoms with Crippen LogP contribution in [0.3, 0.4) is 0 Å². The van der Waals surface area contributed by atoms with Gasteiger partial charge in [-0.1, -0.05) is 29.7 Å². The molecule has 0 bridgehead atoms. The van der Waals surface area contributed by atoms with Crippen molar-refractivity contribution in [1.82, 2.24) is 0 Å². The Kier molecular flexibility index (Phi) is 2.60. The normalized spacial score (nSPS) is 10.7. The fraction of sp³-hybridized carbons (Fsp3) is 0.0667. The van der Waals surface area contributed by atoms with E-state index in [1.165, 1.54) is 5.46 Å². The van der Waals surface area contributed by atoms with Crippen LogP contribution in [0.5, 0.6) is 5.75 Å². The number of hydrogen-bond acceptors (Lipinski definition) is 2. The molecule has 0 N–H and O–H groups in total. The Morgan fingerprint density at radius 1 is 1.06 bits per heavy atom. The van der Waals surface area contributed by atoms with Crippen LogP contribution in [0, 0.1) is 0 Å². The first kappa shape index (κ1) is 11.0.